The van der Waals surface area contributed by atoms with Gasteiger partial charge in [-0.2, -0.15) is 0 Å². The van der Waals surface area contributed by atoms with Gasteiger partial charge < -0.3 is 0 Å². The smallest absolute Gasteiger partial charge is 0.142 e. The number of carbonyl (C=O) groups excluding carboxylic acids is 1. The van der Waals surface area contributed by atoms with Crippen LogP contribution in [0.2, 0.25) is 0 Å². The first-order valence-corrected chi connectivity index (χ1v) is 5.50. The second-order valence-electron chi connectivity index (χ2n) is 3.73. The average molecular weight is 202 g/mol. The van der Waals surface area contributed by atoms with Crippen molar-refractivity contribution in [3.05, 3.63) is 41.0 Å². The highest BCUT2D eigenvalue weighted by molar-refractivity contribution is 5.74. The molecule has 0 aliphatic heterocycles. The summed E-state index contributed by atoms with van der Waals surface area (Å²) in [7, 11) is 0. The van der Waals surface area contributed by atoms with Crippen LogP contribution in [-0.2, 0) is 11.2 Å². The lowest BCUT2D eigenvalue weighted by atomic mass is 9.98. The minimum absolute atomic E-state index is 0.818. The molecule has 0 spiro atoms. The van der Waals surface area contributed by atoms with Crippen LogP contribution in [0.15, 0.2) is 24.3 Å². The molecule has 0 aromatic heterocycles. The molecule has 80 valence electrons. The molecular formula is C14H18O. The molecule has 0 fully saturated rings. The van der Waals surface area contributed by atoms with E-state index in [2.05, 4.69) is 26.0 Å². The predicted octanol–water partition coefficient (Wildman–Crippen LogP) is 3.55. The van der Waals surface area contributed by atoms with Crippen LogP contribution in [0.5, 0.6) is 0 Å². The van der Waals surface area contributed by atoms with Gasteiger partial charge in [0.2, 0.25) is 0 Å². The summed E-state index contributed by atoms with van der Waals surface area (Å²) in [6, 6.07) is 6.27. The molecule has 0 bridgehead atoms. The summed E-state index contributed by atoms with van der Waals surface area (Å²) in [5.74, 6) is 0. The maximum Gasteiger partial charge on any atom is 0.142 e. The molecule has 0 amide bonds. The number of benzene rings is 1. The predicted molar refractivity (Wildman–Crippen MR) is 64.9 cm³/mol. The van der Waals surface area contributed by atoms with E-state index in [1.807, 2.05) is 12.1 Å². The van der Waals surface area contributed by atoms with E-state index in [1.165, 1.54) is 24.0 Å². The number of aryl methyl sites for hydroxylation is 1. The third-order valence-corrected chi connectivity index (χ3v) is 2.64. The van der Waals surface area contributed by atoms with Crippen molar-refractivity contribution in [1.29, 1.82) is 0 Å². The van der Waals surface area contributed by atoms with E-state index < -0.39 is 0 Å². The van der Waals surface area contributed by atoms with Crippen molar-refractivity contribution >= 4 is 12.4 Å². The molecule has 0 radical (unpaired) electrons. The van der Waals surface area contributed by atoms with E-state index in [9.17, 15) is 4.79 Å². The third-order valence-electron chi connectivity index (χ3n) is 2.64. The minimum Gasteiger partial charge on any atom is -0.299 e. The zero-order valence-corrected chi connectivity index (χ0v) is 9.49. The van der Waals surface area contributed by atoms with Crippen molar-refractivity contribution < 1.29 is 4.79 Å². The Labute approximate surface area is 91.8 Å². The van der Waals surface area contributed by atoms with Crippen molar-refractivity contribution in [2.45, 2.75) is 33.1 Å². The Bertz CT molecular complexity index is 350. The number of allylic oxidation sites excluding steroid dienone is 1. The molecule has 0 heterocycles. The maximum absolute atomic E-state index is 10.3. The van der Waals surface area contributed by atoms with Gasteiger partial charge >= 0.3 is 0 Å². The summed E-state index contributed by atoms with van der Waals surface area (Å²) in [5.41, 5.74) is 3.84. The van der Waals surface area contributed by atoms with Crippen LogP contribution in [0, 0.1) is 6.92 Å². The highest BCUT2D eigenvalue weighted by Gasteiger charge is 2.00. The number of carbonyl (C=O) groups is 1. The van der Waals surface area contributed by atoms with E-state index in [0.29, 0.717) is 0 Å². The van der Waals surface area contributed by atoms with Gasteiger partial charge in [0.05, 0.1) is 0 Å². The second-order valence-corrected chi connectivity index (χ2v) is 3.73. The lowest BCUT2D eigenvalue weighted by molar-refractivity contribution is -0.104. The van der Waals surface area contributed by atoms with Crippen LogP contribution in [-0.4, -0.2) is 6.29 Å². The van der Waals surface area contributed by atoms with Gasteiger partial charge in [-0.15, -0.1) is 0 Å². The number of rotatable bonds is 5. The Morgan fingerprint density at radius 3 is 2.80 bits per heavy atom. The molecule has 1 aromatic carbocycles. The lowest BCUT2D eigenvalue weighted by Crippen LogP contribution is -1.92. The third kappa shape index (κ3) is 3.35. The van der Waals surface area contributed by atoms with Gasteiger partial charge in [0.15, 0.2) is 0 Å². The fraction of sp³-hybridized carbons (Fsp3) is 0.357. The number of unbranched alkanes of at least 4 members (excludes halogenated alkanes) is 1. The van der Waals surface area contributed by atoms with Gasteiger partial charge in [-0.05, 0) is 42.5 Å². The monoisotopic (exact) mass is 202 g/mol. The summed E-state index contributed by atoms with van der Waals surface area (Å²) in [5, 5.41) is 0. The number of hydrogen-bond acceptors (Lipinski definition) is 1. The fourth-order valence-electron chi connectivity index (χ4n) is 1.66. The van der Waals surface area contributed by atoms with Gasteiger partial charge in [0.25, 0.3) is 0 Å². The van der Waals surface area contributed by atoms with Crippen molar-refractivity contribution in [1.82, 2.24) is 0 Å². The van der Waals surface area contributed by atoms with Crippen LogP contribution >= 0.6 is 0 Å². The first-order valence-electron chi connectivity index (χ1n) is 5.50. The standard InChI is InChI=1S/C14H18O/c1-3-4-7-13-8-5-9-14(12(13)2)10-6-11-15/h5-6,8-11H,3-4,7H2,1-2H3/b10-6+. The molecule has 0 unspecified atom stereocenters. The first-order chi connectivity index (χ1) is 7.29. The molecule has 1 rings (SSSR count). The van der Waals surface area contributed by atoms with E-state index in [0.717, 1.165) is 18.3 Å². The van der Waals surface area contributed by atoms with Crippen molar-refractivity contribution in [3.8, 4) is 0 Å². The van der Waals surface area contributed by atoms with Gasteiger partial charge in [-0.25, -0.2) is 0 Å². The normalized spacial score (nSPS) is 10.8. The highest BCUT2D eigenvalue weighted by atomic mass is 16.1. The van der Waals surface area contributed by atoms with Crippen molar-refractivity contribution in [2.75, 3.05) is 0 Å². The fourth-order valence-corrected chi connectivity index (χ4v) is 1.66. The molecule has 1 aromatic rings. The van der Waals surface area contributed by atoms with Crippen LogP contribution < -0.4 is 0 Å². The molecule has 1 heteroatoms. The minimum atomic E-state index is 0.818. The van der Waals surface area contributed by atoms with Gasteiger partial charge in [-0.3, -0.25) is 4.79 Å². The largest absolute Gasteiger partial charge is 0.299 e. The van der Waals surface area contributed by atoms with E-state index in [1.54, 1.807) is 6.08 Å². The van der Waals surface area contributed by atoms with Crippen LogP contribution in [0.4, 0.5) is 0 Å². The quantitative estimate of drug-likeness (QED) is 0.527. The molecule has 0 atom stereocenters. The molecule has 0 aliphatic rings. The summed E-state index contributed by atoms with van der Waals surface area (Å²) >= 11 is 0. The van der Waals surface area contributed by atoms with Crippen molar-refractivity contribution in [2.24, 2.45) is 0 Å². The molecule has 0 N–H and O–H groups in total. The average Bonchev–Trinajstić information content (AvgIpc) is 2.26. The Kier molecular flexibility index (Phi) is 4.82. The number of hydrogen-bond donors (Lipinski definition) is 0. The molecule has 0 saturated heterocycles. The summed E-state index contributed by atoms with van der Waals surface area (Å²) in [6.07, 6.45) is 7.81. The lowest BCUT2D eigenvalue weighted by Gasteiger charge is -2.07. The number of aldehydes is 1. The summed E-state index contributed by atoms with van der Waals surface area (Å²) < 4.78 is 0. The van der Waals surface area contributed by atoms with Gasteiger partial charge in [-0.1, -0.05) is 37.6 Å². The molecule has 0 saturated carbocycles. The maximum atomic E-state index is 10.3. The van der Waals surface area contributed by atoms with Gasteiger partial charge in [0, 0.05) is 0 Å². The van der Waals surface area contributed by atoms with E-state index >= 15 is 0 Å². The van der Waals surface area contributed by atoms with E-state index in [4.69, 9.17) is 0 Å². The van der Waals surface area contributed by atoms with Crippen LogP contribution in [0.25, 0.3) is 6.08 Å². The second kappa shape index (κ2) is 6.18. The summed E-state index contributed by atoms with van der Waals surface area (Å²) in [6.45, 7) is 4.32. The molecule has 0 aliphatic carbocycles. The highest BCUT2D eigenvalue weighted by Crippen LogP contribution is 2.17. The SMILES string of the molecule is CCCCc1cccc(/C=C/C=O)c1C. The zero-order chi connectivity index (χ0) is 11.1. The Hall–Kier alpha value is -1.37. The summed E-state index contributed by atoms with van der Waals surface area (Å²) in [4.78, 5) is 10.3. The molecule has 1 nitrogen and oxygen atoms in total. The van der Waals surface area contributed by atoms with Crippen molar-refractivity contribution in [3.63, 3.8) is 0 Å². The Morgan fingerprint density at radius 1 is 1.33 bits per heavy atom. The van der Waals surface area contributed by atoms with Crippen LogP contribution in [0.1, 0.15) is 36.5 Å². The van der Waals surface area contributed by atoms with Crippen LogP contribution in [0.3, 0.4) is 0 Å². The zero-order valence-electron chi connectivity index (χ0n) is 9.49. The molecular weight excluding hydrogens is 184 g/mol. The topological polar surface area (TPSA) is 17.1 Å². The van der Waals surface area contributed by atoms with Gasteiger partial charge in [0.1, 0.15) is 6.29 Å². The first kappa shape index (κ1) is 11.7. The Balaban J connectivity index is 2.89. The van der Waals surface area contributed by atoms with E-state index in [-0.39, 0.29) is 0 Å². The molecule has 15 heavy (non-hydrogen) atoms. The Morgan fingerprint density at radius 2 is 2.13 bits per heavy atom.